The number of phenols is 5. The second-order valence-electron chi connectivity index (χ2n) is 13.9. The Morgan fingerprint density at radius 2 is 0.750 bits per heavy atom. The summed E-state index contributed by atoms with van der Waals surface area (Å²) in [5.41, 5.74) is 10.1. The maximum Gasteiger partial charge on any atom is 0.208 e. The lowest BCUT2D eigenvalue weighted by Gasteiger charge is -2.20. The SMILES string of the molecule is Oc1c(O)c(O)c(-c2c3ccccc3c(-c3ccc4oc5c(-c6ccccc6)c(-c6ccc(-c7ccccc7)cc6)ccc5c4c3)c3ccccc23)c(O)c1O. The molecule has 0 fully saturated rings. The number of fused-ring (bicyclic) bond motifs is 5. The van der Waals surface area contributed by atoms with Crippen LogP contribution in [0.5, 0.6) is 28.7 Å². The quantitative estimate of drug-likeness (QED) is 0.0685. The Bertz CT molecular complexity index is 3080. The minimum Gasteiger partial charge on any atom is -0.504 e. The molecule has 0 atom stereocenters. The van der Waals surface area contributed by atoms with Crippen LogP contribution in [-0.4, -0.2) is 25.5 Å². The van der Waals surface area contributed by atoms with Crippen molar-refractivity contribution in [2.24, 2.45) is 0 Å². The molecule has 0 spiro atoms. The maximum atomic E-state index is 11.1. The standard InChI is InChI=1S/C50H32O6/c51-45-44(46(52)48(54)49(55)47(45)53)43-36-17-9-7-15-34(36)41(35-16-8-10-18-37(35)43)32-23-26-40-39(27-32)38-25-24-33(42(50(38)56-40)31-13-5-2-6-14-31)30-21-19-29(20-22-30)28-11-3-1-4-12-28/h1-27,51-55H. The first-order valence-electron chi connectivity index (χ1n) is 18.2. The first-order valence-corrected chi connectivity index (χ1v) is 18.2. The van der Waals surface area contributed by atoms with Crippen molar-refractivity contribution in [2.45, 2.75) is 0 Å². The van der Waals surface area contributed by atoms with Crippen LogP contribution >= 0.6 is 0 Å². The maximum absolute atomic E-state index is 11.1. The zero-order valence-electron chi connectivity index (χ0n) is 29.7. The van der Waals surface area contributed by atoms with Gasteiger partial charge in [-0.1, -0.05) is 146 Å². The summed E-state index contributed by atoms with van der Waals surface area (Å²) in [6, 6.07) is 55.0. The van der Waals surface area contributed by atoms with Crippen LogP contribution in [0.1, 0.15) is 0 Å². The molecule has 9 aromatic carbocycles. The van der Waals surface area contributed by atoms with Crippen LogP contribution in [0.25, 0.3) is 99.1 Å². The van der Waals surface area contributed by atoms with E-state index in [1.54, 1.807) is 0 Å². The van der Waals surface area contributed by atoms with Gasteiger partial charge in [0.25, 0.3) is 0 Å². The fraction of sp³-hybridized carbons (Fsp3) is 0. The van der Waals surface area contributed by atoms with Crippen molar-refractivity contribution in [3.05, 3.63) is 164 Å². The topological polar surface area (TPSA) is 114 Å². The number of phenolic OH excluding ortho intramolecular Hbond substituents is 5. The van der Waals surface area contributed by atoms with E-state index in [0.717, 1.165) is 77.2 Å². The van der Waals surface area contributed by atoms with Crippen LogP contribution in [0.4, 0.5) is 0 Å². The van der Waals surface area contributed by atoms with E-state index in [2.05, 4.69) is 66.7 Å². The van der Waals surface area contributed by atoms with Crippen LogP contribution in [0.15, 0.2) is 168 Å². The lowest BCUT2D eigenvalue weighted by molar-refractivity contribution is 0.330. The van der Waals surface area contributed by atoms with Gasteiger partial charge in [0.15, 0.2) is 11.5 Å². The van der Waals surface area contributed by atoms with Crippen LogP contribution in [-0.2, 0) is 0 Å². The third-order valence-corrected chi connectivity index (χ3v) is 10.8. The van der Waals surface area contributed by atoms with Gasteiger partial charge in [-0.15, -0.1) is 0 Å². The summed E-state index contributed by atoms with van der Waals surface area (Å²) in [5.74, 6) is -4.34. The molecule has 0 bridgehead atoms. The second-order valence-corrected chi connectivity index (χ2v) is 13.9. The highest BCUT2D eigenvalue weighted by atomic mass is 16.4. The molecule has 1 heterocycles. The molecule has 10 rings (SSSR count). The minimum atomic E-state index is -1.00. The molecule has 0 unspecified atom stereocenters. The molecule has 0 amide bonds. The Morgan fingerprint density at radius 1 is 0.286 bits per heavy atom. The lowest BCUT2D eigenvalue weighted by atomic mass is 9.85. The molecule has 56 heavy (non-hydrogen) atoms. The van der Waals surface area contributed by atoms with E-state index in [9.17, 15) is 25.5 Å². The Morgan fingerprint density at radius 3 is 1.34 bits per heavy atom. The summed E-state index contributed by atoms with van der Waals surface area (Å²) in [5, 5.41) is 58.3. The molecule has 0 radical (unpaired) electrons. The predicted molar refractivity (Wildman–Crippen MR) is 224 cm³/mol. The summed E-state index contributed by atoms with van der Waals surface area (Å²) in [6.45, 7) is 0. The van der Waals surface area contributed by atoms with Gasteiger partial charge in [0.1, 0.15) is 11.2 Å². The number of aromatic hydroxyl groups is 5. The highest BCUT2D eigenvalue weighted by Gasteiger charge is 2.28. The summed E-state index contributed by atoms with van der Waals surface area (Å²) in [4.78, 5) is 0. The number of rotatable bonds is 5. The molecule has 0 saturated carbocycles. The molecule has 0 aliphatic heterocycles. The van der Waals surface area contributed by atoms with Gasteiger partial charge in [-0.25, -0.2) is 0 Å². The van der Waals surface area contributed by atoms with E-state index in [-0.39, 0.29) is 5.56 Å². The van der Waals surface area contributed by atoms with Crippen LogP contribution in [0.2, 0.25) is 0 Å². The normalized spacial score (nSPS) is 11.6. The third-order valence-electron chi connectivity index (χ3n) is 10.8. The Balaban J connectivity index is 1.20. The first-order chi connectivity index (χ1) is 27.4. The van der Waals surface area contributed by atoms with E-state index in [4.69, 9.17) is 4.42 Å². The fourth-order valence-electron chi connectivity index (χ4n) is 8.23. The Labute approximate surface area is 320 Å². The monoisotopic (exact) mass is 728 g/mol. The van der Waals surface area contributed by atoms with Crippen LogP contribution in [0.3, 0.4) is 0 Å². The van der Waals surface area contributed by atoms with Gasteiger partial charge in [0.05, 0.1) is 5.56 Å². The van der Waals surface area contributed by atoms with Crippen molar-refractivity contribution in [3.63, 3.8) is 0 Å². The summed E-state index contributed by atoms with van der Waals surface area (Å²) < 4.78 is 6.77. The summed E-state index contributed by atoms with van der Waals surface area (Å²) >= 11 is 0. The molecule has 5 N–H and O–H groups in total. The van der Waals surface area contributed by atoms with Crippen molar-refractivity contribution in [1.29, 1.82) is 0 Å². The van der Waals surface area contributed by atoms with Gasteiger partial charge in [-0.05, 0) is 78.7 Å². The molecule has 0 aliphatic carbocycles. The number of hydrogen-bond donors (Lipinski definition) is 5. The summed E-state index contributed by atoms with van der Waals surface area (Å²) in [6.07, 6.45) is 0. The first kappa shape index (κ1) is 32.9. The predicted octanol–water partition coefficient (Wildman–Crippen LogP) is 12.8. The number of hydrogen-bond acceptors (Lipinski definition) is 6. The highest BCUT2D eigenvalue weighted by Crippen LogP contribution is 2.58. The molecule has 0 aliphatic rings. The minimum absolute atomic E-state index is 0.188. The highest BCUT2D eigenvalue weighted by molar-refractivity contribution is 6.23. The van der Waals surface area contributed by atoms with Gasteiger partial charge in [0, 0.05) is 21.9 Å². The molecule has 0 saturated heterocycles. The van der Waals surface area contributed by atoms with E-state index in [1.165, 1.54) is 0 Å². The lowest BCUT2D eigenvalue weighted by Crippen LogP contribution is -1.92. The smallest absolute Gasteiger partial charge is 0.208 e. The van der Waals surface area contributed by atoms with Gasteiger partial charge >= 0.3 is 0 Å². The van der Waals surface area contributed by atoms with Gasteiger partial charge in [0.2, 0.25) is 17.2 Å². The fourth-order valence-corrected chi connectivity index (χ4v) is 8.23. The Kier molecular flexibility index (Phi) is 7.47. The molecule has 6 nitrogen and oxygen atoms in total. The van der Waals surface area contributed by atoms with Crippen LogP contribution in [0, 0.1) is 0 Å². The Hall–Kier alpha value is -7.70. The molecule has 10 aromatic rings. The van der Waals surface area contributed by atoms with Crippen molar-refractivity contribution >= 4 is 43.5 Å². The van der Waals surface area contributed by atoms with Gasteiger partial charge in [-0.2, -0.15) is 0 Å². The average molecular weight is 729 g/mol. The van der Waals surface area contributed by atoms with E-state index in [1.807, 2.05) is 97.1 Å². The van der Waals surface area contributed by atoms with E-state index >= 15 is 0 Å². The molecule has 6 heteroatoms. The molecule has 1 aromatic heterocycles. The number of furan rings is 1. The zero-order valence-corrected chi connectivity index (χ0v) is 29.7. The van der Waals surface area contributed by atoms with E-state index in [0.29, 0.717) is 16.3 Å². The third kappa shape index (κ3) is 4.97. The zero-order chi connectivity index (χ0) is 38.1. The number of benzene rings is 9. The van der Waals surface area contributed by atoms with Crippen molar-refractivity contribution in [3.8, 4) is 84.4 Å². The molecular weight excluding hydrogens is 697 g/mol. The second kappa shape index (κ2) is 12.7. The largest absolute Gasteiger partial charge is 0.504 e. The average Bonchev–Trinajstić information content (AvgIpc) is 3.63. The molecule has 268 valence electrons. The van der Waals surface area contributed by atoms with Crippen molar-refractivity contribution in [2.75, 3.05) is 0 Å². The van der Waals surface area contributed by atoms with E-state index < -0.39 is 28.7 Å². The van der Waals surface area contributed by atoms with Gasteiger partial charge in [-0.3, -0.25) is 0 Å². The van der Waals surface area contributed by atoms with Crippen molar-refractivity contribution < 1.29 is 29.9 Å². The summed E-state index contributed by atoms with van der Waals surface area (Å²) in [7, 11) is 0. The van der Waals surface area contributed by atoms with Gasteiger partial charge < -0.3 is 29.9 Å². The van der Waals surface area contributed by atoms with Crippen molar-refractivity contribution in [1.82, 2.24) is 0 Å². The molecular formula is C50H32O6. The van der Waals surface area contributed by atoms with Crippen LogP contribution < -0.4 is 0 Å².